The average Bonchev–Trinajstić information content (AvgIpc) is 3.33. The number of ether oxygens (including phenoxy) is 3. The lowest BCUT2D eigenvalue weighted by atomic mass is 10.1. The molecule has 2 heterocycles. The Kier molecular flexibility index (Phi) is 7.57. The summed E-state index contributed by atoms with van der Waals surface area (Å²) in [6.45, 7) is 6.12. The lowest BCUT2D eigenvalue weighted by Gasteiger charge is -2.14. The van der Waals surface area contributed by atoms with E-state index >= 15 is 0 Å². The third kappa shape index (κ3) is 5.13. The van der Waals surface area contributed by atoms with Crippen LogP contribution >= 0.6 is 22.6 Å². The summed E-state index contributed by atoms with van der Waals surface area (Å²) in [5, 5.41) is 2.56. The number of esters is 1. The molecular weight excluding hydrogens is 531 g/mol. The van der Waals surface area contributed by atoms with Crippen molar-refractivity contribution in [3.8, 4) is 11.5 Å². The number of nitrogens with zero attached hydrogens (tertiary/aromatic N) is 1. The van der Waals surface area contributed by atoms with Crippen LogP contribution in [0.5, 0.6) is 11.5 Å². The number of imide groups is 1. The van der Waals surface area contributed by atoms with Gasteiger partial charge in [-0.2, -0.15) is 0 Å². The van der Waals surface area contributed by atoms with Gasteiger partial charge in [0.1, 0.15) is 18.1 Å². The molecule has 1 aromatic heterocycles. The maximum absolute atomic E-state index is 12.8. The van der Waals surface area contributed by atoms with Gasteiger partial charge in [-0.25, -0.2) is 9.59 Å². The summed E-state index contributed by atoms with van der Waals surface area (Å²) in [6, 6.07) is 5.87. The van der Waals surface area contributed by atoms with Crippen LogP contribution in [-0.4, -0.2) is 43.1 Å². The van der Waals surface area contributed by atoms with Crippen LogP contribution in [0.1, 0.15) is 28.8 Å². The average molecular weight is 552 g/mol. The zero-order valence-corrected chi connectivity index (χ0v) is 19.6. The highest BCUT2D eigenvalue weighted by Crippen LogP contribution is 2.35. The summed E-state index contributed by atoms with van der Waals surface area (Å²) in [5.74, 6) is 0.194. The number of urea groups is 1. The van der Waals surface area contributed by atoms with Gasteiger partial charge in [-0.3, -0.25) is 9.69 Å². The Morgan fingerprint density at radius 2 is 2.06 bits per heavy atom. The number of hydrogen-bond acceptors (Lipinski definition) is 7. The molecule has 1 saturated heterocycles. The monoisotopic (exact) mass is 552 g/mol. The standard InChI is InChI=1S/C22H21IN2O7/c1-4-8-31-19-15(23)9-13(11-18(19)30-5-2)10-16-20(26)25(22(28)24-16)12-14-6-7-17(32-14)21(27)29-3/h4,6-7,9-11H,1,5,8,12H2,2-3H3,(H,24,28)/b16-10-. The van der Waals surface area contributed by atoms with Crippen molar-refractivity contribution in [3.05, 3.63) is 63.3 Å². The van der Waals surface area contributed by atoms with Gasteiger partial charge < -0.3 is 23.9 Å². The Balaban J connectivity index is 1.82. The zero-order chi connectivity index (χ0) is 23.3. The molecule has 1 N–H and O–H groups in total. The van der Waals surface area contributed by atoms with Gasteiger partial charge in [0.15, 0.2) is 11.5 Å². The van der Waals surface area contributed by atoms with Gasteiger partial charge in [0.05, 0.1) is 23.8 Å². The second-order valence-corrected chi connectivity index (χ2v) is 7.66. The van der Waals surface area contributed by atoms with Gasteiger partial charge >= 0.3 is 12.0 Å². The number of benzene rings is 1. The van der Waals surface area contributed by atoms with E-state index in [0.717, 1.165) is 8.47 Å². The number of nitrogens with one attached hydrogen (secondary N) is 1. The Hall–Kier alpha value is -3.28. The highest BCUT2D eigenvalue weighted by Gasteiger charge is 2.34. The summed E-state index contributed by atoms with van der Waals surface area (Å²) in [6.07, 6.45) is 3.19. The predicted octanol–water partition coefficient (Wildman–Crippen LogP) is 3.73. The molecule has 168 valence electrons. The van der Waals surface area contributed by atoms with Gasteiger partial charge in [0.25, 0.3) is 5.91 Å². The minimum atomic E-state index is -0.644. The molecule has 3 rings (SSSR count). The molecule has 1 aliphatic heterocycles. The number of hydrogen-bond donors (Lipinski definition) is 1. The zero-order valence-electron chi connectivity index (χ0n) is 17.5. The van der Waals surface area contributed by atoms with Crippen molar-refractivity contribution in [3.63, 3.8) is 0 Å². The van der Waals surface area contributed by atoms with Crippen LogP contribution in [0.15, 0.2) is 47.0 Å². The molecule has 1 aromatic carbocycles. The van der Waals surface area contributed by atoms with Gasteiger partial charge in [0.2, 0.25) is 5.76 Å². The quantitative estimate of drug-likeness (QED) is 0.166. The second-order valence-electron chi connectivity index (χ2n) is 6.50. The van der Waals surface area contributed by atoms with Gasteiger partial charge in [0, 0.05) is 0 Å². The van der Waals surface area contributed by atoms with Crippen molar-refractivity contribution < 1.29 is 33.0 Å². The van der Waals surface area contributed by atoms with E-state index < -0.39 is 17.9 Å². The smallest absolute Gasteiger partial charge is 0.373 e. The number of amides is 3. The van der Waals surface area contributed by atoms with Crippen molar-refractivity contribution in [2.45, 2.75) is 13.5 Å². The van der Waals surface area contributed by atoms with Crippen LogP contribution < -0.4 is 14.8 Å². The molecule has 0 bridgehead atoms. The van der Waals surface area contributed by atoms with Crippen LogP contribution in [0.4, 0.5) is 4.79 Å². The van der Waals surface area contributed by atoms with Crippen LogP contribution in [0.2, 0.25) is 0 Å². The first-order valence-electron chi connectivity index (χ1n) is 9.59. The molecule has 10 heteroatoms. The fourth-order valence-electron chi connectivity index (χ4n) is 2.93. The molecule has 0 atom stereocenters. The lowest BCUT2D eigenvalue weighted by molar-refractivity contribution is -0.123. The van der Waals surface area contributed by atoms with Gasteiger partial charge in [-0.05, 0) is 65.4 Å². The molecule has 0 radical (unpaired) electrons. The molecular formula is C22H21IN2O7. The highest BCUT2D eigenvalue weighted by molar-refractivity contribution is 14.1. The molecule has 0 unspecified atom stereocenters. The van der Waals surface area contributed by atoms with E-state index in [0.29, 0.717) is 30.3 Å². The van der Waals surface area contributed by atoms with Crippen molar-refractivity contribution >= 4 is 46.6 Å². The van der Waals surface area contributed by atoms with Crippen LogP contribution in [0.25, 0.3) is 6.08 Å². The third-order valence-electron chi connectivity index (χ3n) is 4.31. The first kappa shape index (κ1) is 23.4. The van der Waals surface area contributed by atoms with E-state index in [1.165, 1.54) is 19.2 Å². The van der Waals surface area contributed by atoms with Gasteiger partial charge in [-0.15, -0.1) is 0 Å². The molecule has 32 heavy (non-hydrogen) atoms. The minimum absolute atomic E-state index is 0.0119. The second kappa shape index (κ2) is 10.4. The maximum Gasteiger partial charge on any atom is 0.373 e. The van der Waals surface area contributed by atoms with Crippen molar-refractivity contribution in [1.29, 1.82) is 0 Å². The van der Waals surface area contributed by atoms with E-state index in [1.54, 1.807) is 18.2 Å². The maximum atomic E-state index is 12.8. The Morgan fingerprint density at radius 3 is 2.75 bits per heavy atom. The van der Waals surface area contributed by atoms with E-state index in [1.807, 2.05) is 13.0 Å². The lowest BCUT2D eigenvalue weighted by Crippen LogP contribution is -2.30. The Bertz CT molecular complexity index is 1090. The largest absolute Gasteiger partial charge is 0.490 e. The summed E-state index contributed by atoms with van der Waals surface area (Å²) in [4.78, 5) is 37.7. The third-order valence-corrected chi connectivity index (χ3v) is 5.11. The first-order chi connectivity index (χ1) is 15.4. The number of methoxy groups -OCH3 is 1. The molecule has 0 aliphatic carbocycles. The summed E-state index contributed by atoms with van der Waals surface area (Å²) >= 11 is 2.12. The molecule has 1 aliphatic rings. The summed E-state index contributed by atoms with van der Waals surface area (Å²) in [7, 11) is 1.23. The van der Waals surface area contributed by atoms with Crippen LogP contribution in [-0.2, 0) is 16.1 Å². The number of halogens is 1. The molecule has 0 saturated carbocycles. The topological polar surface area (TPSA) is 107 Å². The molecule has 3 amide bonds. The molecule has 2 aromatic rings. The van der Waals surface area contributed by atoms with Crippen molar-refractivity contribution in [2.75, 3.05) is 20.3 Å². The highest BCUT2D eigenvalue weighted by atomic mass is 127. The van der Waals surface area contributed by atoms with E-state index in [9.17, 15) is 14.4 Å². The summed E-state index contributed by atoms with van der Waals surface area (Å²) < 4.78 is 22.1. The molecule has 0 spiro atoms. The molecule has 9 nitrogen and oxygen atoms in total. The molecule has 1 fully saturated rings. The van der Waals surface area contributed by atoms with Crippen molar-refractivity contribution in [1.82, 2.24) is 10.2 Å². The fourth-order valence-corrected chi connectivity index (χ4v) is 3.71. The Morgan fingerprint density at radius 1 is 1.28 bits per heavy atom. The van der Waals surface area contributed by atoms with Crippen LogP contribution in [0, 0.1) is 3.57 Å². The summed E-state index contributed by atoms with van der Waals surface area (Å²) in [5.41, 5.74) is 0.757. The van der Waals surface area contributed by atoms with Gasteiger partial charge in [-0.1, -0.05) is 12.7 Å². The number of furan rings is 1. The fraction of sp³-hybridized carbons (Fsp3) is 0.227. The predicted molar refractivity (Wildman–Crippen MR) is 123 cm³/mol. The normalized spacial score (nSPS) is 14.5. The van der Waals surface area contributed by atoms with E-state index in [-0.39, 0.29) is 23.8 Å². The van der Waals surface area contributed by atoms with E-state index in [2.05, 4.69) is 39.2 Å². The number of carbonyl (C=O) groups excluding carboxylic acids is 3. The van der Waals surface area contributed by atoms with Crippen LogP contribution in [0.3, 0.4) is 0 Å². The van der Waals surface area contributed by atoms with E-state index in [4.69, 9.17) is 13.9 Å². The minimum Gasteiger partial charge on any atom is -0.490 e. The SMILES string of the molecule is C=CCOc1c(I)cc(/C=C2\NC(=O)N(Cc3ccc(C(=O)OC)o3)C2=O)cc1OCC. The first-order valence-corrected chi connectivity index (χ1v) is 10.7. The van der Waals surface area contributed by atoms with Crippen molar-refractivity contribution in [2.24, 2.45) is 0 Å². The number of carbonyl (C=O) groups is 3. The number of rotatable bonds is 9. The Labute approximate surface area is 198 Å².